The Morgan fingerprint density at radius 2 is 0.768 bits per heavy atom. The van der Waals surface area contributed by atoms with Crippen LogP contribution < -0.4 is 0 Å². The Labute approximate surface area is 421 Å². The summed E-state index contributed by atoms with van der Waals surface area (Å²) < 4.78 is 17.3. The third-order valence-electron chi connectivity index (χ3n) is 10.7. The number of likely N-dealkylation sites (N-methyl/N-ethyl adjacent to an activating group) is 1. The van der Waals surface area contributed by atoms with Crippen molar-refractivity contribution in [1.29, 1.82) is 0 Å². The zero-order valence-electron chi connectivity index (χ0n) is 43.9. The monoisotopic (exact) mass is 955 g/mol. The molecule has 2 atom stereocenters. The highest BCUT2D eigenvalue weighted by molar-refractivity contribution is 5.72. The van der Waals surface area contributed by atoms with E-state index < -0.39 is 18.1 Å². The lowest BCUT2D eigenvalue weighted by molar-refractivity contribution is -0.887. The van der Waals surface area contributed by atoms with E-state index in [1.165, 1.54) is 0 Å². The molecule has 0 rings (SSSR count). The summed E-state index contributed by atoms with van der Waals surface area (Å²) in [6.07, 6.45) is 73.3. The van der Waals surface area contributed by atoms with E-state index in [1.807, 2.05) is 21.1 Å². The number of aliphatic carboxylic acids is 1. The molecule has 0 aliphatic carbocycles. The van der Waals surface area contributed by atoms with Crippen molar-refractivity contribution in [2.75, 3.05) is 41.0 Å². The van der Waals surface area contributed by atoms with Crippen LogP contribution in [0, 0.1) is 0 Å². The van der Waals surface area contributed by atoms with Crippen LogP contribution in [-0.4, -0.2) is 80.6 Å². The Morgan fingerprint density at radius 1 is 0.435 bits per heavy atom. The second kappa shape index (κ2) is 49.6. The molecule has 2 unspecified atom stereocenters. The second-order valence-electron chi connectivity index (χ2n) is 18.0. The van der Waals surface area contributed by atoms with Gasteiger partial charge in [-0.05, 0) is 116 Å². The first-order valence-corrected chi connectivity index (χ1v) is 26.4. The average Bonchev–Trinajstić information content (AvgIpc) is 3.31. The van der Waals surface area contributed by atoms with Gasteiger partial charge in [0.15, 0.2) is 12.1 Å². The van der Waals surface area contributed by atoms with Crippen molar-refractivity contribution >= 4 is 17.9 Å². The fourth-order valence-corrected chi connectivity index (χ4v) is 6.74. The van der Waals surface area contributed by atoms with E-state index in [-0.39, 0.29) is 42.7 Å². The number of carboxylic acids is 1. The fourth-order valence-electron chi connectivity index (χ4n) is 6.74. The zero-order chi connectivity index (χ0) is 50.6. The number of carbonyl (C=O) groups excluding carboxylic acids is 2. The molecule has 386 valence electrons. The summed E-state index contributed by atoms with van der Waals surface area (Å²) in [4.78, 5) is 37.2. The predicted molar refractivity (Wildman–Crippen MR) is 293 cm³/mol. The van der Waals surface area contributed by atoms with Gasteiger partial charge in [-0.15, -0.1) is 0 Å². The van der Waals surface area contributed by atoms with Crippen molar-refractivity contribution in [3.8, 4) is 0 Å². The van der Waals surface area contributed by atoms with Crippen LogP contribution in [-0.2, 0) is 28.6 Å². The molecule has 0 heterocycles. The third kappa shape index (κ3) is 48.0. The average molecular weight is 955 g/mol. The van der Waals surface area contributed by atoms with E-state index in [0.29, 0.717) is 12.8 Å². The molecule has 0 spiro atoms. The molecule has 0 aliphatic rings. The molecule has 0 saturated heterocycles. The molecule has 1 N–H and O–H groups in total. The summed E-state index contributed by atoms with van der Waals surface area (Å²) in [5.74, 6) is -1.56. The molecule has 0 aromatic heterocycles. The summed E-state index contributed by atoms with van der Waals surface area (Å²) in [5, 5.41) is 9.67. The van der Waals surface area contributed by atoms with Crippen molar-refractivity contribution in [1.82, 2.24) is 0 Å². The van der Waals surface area contributed by atoms with E-state index >= 15 is 0 Å². The smallest absolute Gasteiger partial charge is 0.362 e. The highest BCUT2D eigenvalue weighted by atomic mass is 16.6. The van der Waals surface area contributed by atoms with Crippen molar-refractivity contribution in [2.24, 2.45) is 0 Å². The van der Waals surface area contributed by atoms with Crippen molar-refractivity contribution < 1.29 is 38.2 Å². The largest absolute Gasteiger partial charge is 0.477 e. The molecule has 0 aromatic rings. The maximum Gasteiger partial charge on any atom is 0.362 e. The summed E-state index contributed by atoms with van der Waals surface area (Å²) >= 11 is 0. The Morgan fingerprint density at radius 3 is 1.13 bits per heavy atom. The molecule has 0 radical (unpaired) electrons. The van der Waals surface area contributed by atoms with Gasteiger partial charge in [0.05, 0.1) is 34.4 Å². The number of quaternary nitrogens is 1. The maximum absolute atomic E-state index is 12.8. The van der Waals surface area contributed by atoms with Gasteiger partial charge in [0, 0.05) is 19.3 Å². The highest BCUT2D eigenvalue weighted by Gasteiger charge is 2.31. The molecule has 0 aromatic carbocycles. The lowest BCUT2D eigenvalue weighted by atomic mass is 10.1. The first kappa shape index (κ1) is 64.2. The number of carbonyl (C=O) groups is 3. The number of nitrogens with zero attached hydrogens (tertiary/aromatic N) is 1. The molecular formula is C61H96NO7+. The molecule has 69 heavy (non-hydrogen) atoms. The Balaban J connectivity index is 4.41. The summed E-state index contributed by atoms with van der Waals surface area (Å²) in [6.45, 7) is 4.42. The minimum atomic E-state index is -0.891. The van der Waals surface area contributed by atoms with Crippen LogP contribution in [0.3, 0.4) is 0 Å². The van der Waals surface area contributed by atoms with Gasteiger partial charge in [-0.1, -0.05) is 179 Å². The number of ether oxygens (including phenoxy) is 3. The van der Waals surface area contributed by atoms with Gasteiger partial charge in [-0.3, -0.25) is 9.59 Å². The Bertz CT molecular complexity index is 1630. The standard InChI is InChI=1S/C61H95NO7/c1-6-8-10-12-14-16-18-20-22-24-26-28-30-32-34-36-38-40-42-44-46-48-50-52-60(64)69-57(55-67-54-53-58(61(65)66)62(3,4)5)56-68-59(63)51-49-47-45-43-41-39-37-35-33-31-29-27-25-23-21-19-17-15-13-11-9-7-2/h8-11,14-17,20-23,26-29,32-35,38-41,57-58H,6-7,12-13,18-19,24-25,30-31,36-37,42-56H2,1-5H3/p+1/b10-8+,11-9+,16-14+,17-15+,22-20+,23-21+,28-26+,29-27+,34-32+,35-33+,40-38+,41-39+. The van der Waals surface area contributed by atoms with Gasteiger partial charge >= 0.3 is 17.9 Å². The molecule has 8 nitrogen and oxygen atoms in total. The molecule has 0 aliphatic heterocycles. The summed E-state index contributed by atoms with van der Waals surface area (Å²) in [6, 6.07) is -0.636. The van der Waals surface area contributed by atoms with Crippen LogP contribution in [0.15, 0.2) is 146 Å². The summed E-state index contributed by atoms with van der Waals surface area (Å²) in [5.41, 5.74) is 0. The van der Waals surface area contributed by atoms with Gasteiger partial charge in [0.25, 0.3) is 0 Å². The van der Waals surface area contributed by atoms with Crippen molar-refractivity contribution in [2.45, 2.75) is 180 Å². The minimum Gasteiger partial charge on any atom is -0.477 e. The van der Waals surface area contributed by atoms with E-state index in [4.69, 9.17) is 14.2 Å². The van der Waals surface area contributed by atoms with Gasteiger partial charge in [0.1, 0.15) is 6.61 Å². The lowest BCUT2D eigenvalue weighted by Gasteiger charge is -2.31. The molecule has 8 heteroatoms. The number of esters is 2. The van der Waals surface area contributed by atoms with Crippen LogP contribution >= 0.6 is 0 Å². The van der Waals surface area contributed by atoms with E-state index in [9.17, 15) is 19.5 Å². The number of allylic oxidation sites excluding steroid dienone is 24. The Kier molecular flexibility index (Phi) is 46.2. The van der Waals surface area contributed by atoms with Crippen LogP contribution in [0.4, 0.5) is 0 Å². The van der Waals surface area contributed by atoms with Crippen LogP contribution in [0.1, 0.15) is 168 Å². The first-order valence-electron chi connectivity index (χ1n) is 26.4. The van der Waals surface area contributed by atoms with Crippen molar-refractivity contribution in [3.63, 3.8) is 0 Å². The van der Waals surface area contributed by atoms with Gasteiger partial charge < -0.3 is 23.8 Å². The highest BCUT2D eigenvalue weighted by Crippen LogP contribution is 2.12. The SMILES string of the molecule is CC/C=C/C/C=C/C/C=C/C/C=C/C/C=C/C/C=C/CCCCCCC(=O)OC(COCCC(C(=O)O)[N+](C)(C)C)COC(=O)CCCCC/C=C/C/C=C/C/C=C/C/C=C/C/C=C/C/C=C/CC. The molecular weight excluding hydrogens is 859 g/mol. The van der Waals surface area contributed by atoms with Crippen LogP contribution in [0.2, 0.25) is 0 Å². The normalized spacial score (nSPS) is 14.0. The molecule has 0 bridgehead atoms. The minimum absolute atomic E-state index is 0.0282. The number of hydrogen-bond donors (Lipinski definition) is 1. The summed E-state index contributed by atoms with van der Waals surface area (Å²) in [7, 11) is 5.50. The molecule has 0 amide bonds. The predicted octanol–water partition coefficient (Wildman–Crippen LogP) is 15.7. The number of unbranched alkanes of at least 4 members (excludes halogenated alkanes) is 7. The maximum atomic E-state index is 12.8. The first-order chi connectivity index (χ1) is 33.6. The van der Waals surface area contributed by atoms with E-state index in [2.05, 4.69) is 160 Å². The van der Waals surface area contributed by atoms with E-state index in [0.717, 1.165) is 135 Å². The fraction of sp³-hybridized carbons (Fsp3) is 0.557. The van der Waals surface area contributed by atoms with Crippen LogP contribution in [0.5, 0.6) is 0 Å². The number of hydrogen-bond acceptors (Lipinski definition) is 6. The second-order valence-corrected chi connectivity index (χ2v) is 18.0. The van der Waals surface area contributed by atoms with Crippen LogP contribution in [0.25, 0.3) is 0 Å². The third-order valence-corrected chi connectivity index (χ3v) is 10.7. The number of rotatable bonds is 45. The van der Waals surface area contributed by atoms with Gasteiger partial charge in [-0.2, -0.15) is 0 Å². The molecule has 0 fully saturated rings. The van der Waals surface area contributed by atoms with E-state index in [1.54, 1.807) is 0 Å². The number of carboxylic acid groups (broad SMARTS) is 1. The zero-order valence-corrected chi connectivity index (χ0v) is 43.9. The van der Waals surface area contributed by atoms with Gasteiger partial charge in [0.2, 0.25) is 0 Å². The van der Waals surface area contributed by atoms with Gasteiger partial charge in [-0.25, -0.2) is 4.79 Å². The lowest BCUT2D eigenvalue weighted by Crippen LogP contribution is -2.50. The molecule has 0 saturated carbocycles. The Hall–Kier alpha value is -4.79. The topological polar surface area (TPSA) is 99.1 Å². The van der Waals surface area contributed by atoms with Crippen molar-refractivity contribution in [3.05, 3.63) is 146 Å². The quantitative estimate of drug-likeness (QED) is 0.0281.